The molecule has 0 aromatic carbocycles. The predicted octanol–water partition coefficient (Wildman–Crippen LogP) is 1.54. The van der Waals surface area contributed by atoms with Crippen molar-refractivity contribution >= 4 is 17.5 Å². The van der Waals surface area contributed by atoms with Gasteiger partial charge in [0.1, 0.15) is 18.0 Å². The fourth-order valence-corrected chi connectivity index (χ4v) is 7.18. The molecule has 0 unspecified atom stereocenters. The first kappa shape index (κ1) is 22.3. The van der Waals surface area contributed by atoms with Gasteiger partial charge in [-0.25, -0.2) is 4.39 Å². The van der Waals surface area contributed by atoms with E-state index in [-0.39, 0.29) is 18.6 Å². The van der Waals surface area contributed by atoms with Crippen LogP contribution in [0.3, 0.4) is 0 Å². The topological polar surface area (TPSA) is 121 Å². The van der Waals surface area contributed by atoms with Gasteiger partial charge in [0.15, 0.2) is 17.2 Å². The van der Waals surface area contributed by atoms with Gasteiger partial charge in [0.05, 0.1) is 11.5 Å². The second kappa shape index (κ2) is 6.80. The number of fused-ring (bicyclic) bond motifs is 5. The fraction of sp³-hybridized carbons (Fsp3) is 0.696. The number of allylic oxidation sites excluding steroid dienone is 3. The Balaban J connectivity index is 1.84. The van der Waals surface area contributed by atoms with E-state index in [1.807, 2.05) is 0 Å². The lowest BCUT2D eigenvalue weighted by atomic mass is 9.44. The highest BCUT2D eigenvalue weighted by molar-refractivity contribution is 6.02. The Hall–Kier alpha value is -1.90. The Bertz CT molecular complexity index is 925. The largest absolute Gasteiger partial charge is 0.430 e. The van der Waals surface area contributed by atoms with Crippen molar-refractivity contribution in [1.29, 1.82) is 0 Å². The number of esters is 1. The Morgan fingerprint density at radius 1 is 1.23 bits per heavy atom. The summed E-state index contributed by atoms with van der Waals surface area (Å²) in [6, 6.07) is 0. The second-order valence-corrected chi connectivity index (χ2v) is 9.94. The number of ether oxygens (including phenoxy) is 1. The zero-order valence-electron chi connectivity index (χ0n) is 18.0. The van der Waals surface area contributed by atoms with Crippen LogP contribution in [0.4, 0.5) is 4.39 Å². The summed E-state index contributed by atoms with van der Waals surface area (Å²) >= 11 is 0. The van der Waals surface area contributed by atoms with E-state index in [1.54, 1.807) is 13.8 Å². The van der Waals surface area contributed by atoms with Crippen molar-refractivity contribution in [2.24, 2.45) is 22.7 Å². The second-order valence-electron chi connectivity index (χ2n) is 9.94. The molecule has 3 N–H and O–H groups in total. The summed E-state index contributed by atoms with van der Waals surface area (Å²) in [5, 5.41) is 31.9. The molecule has 7 atom stereocenters. The van der Waals surface area contributed by atoms with E-state index in [0.29, 0.717) is 24.8 Å². The van der Waals surface area contributed by atoms with Crippen LogP contribution in [0.15, 0.2) is 23.5 Å². The van der Waals surface area contributed by atoms with Crippen LogP contribution in [0.1, 0.15) is 52.9 Å². The summed E-state index contributed by atoms with van der Waals surface area (Å²) in [5.74, 6) is -3.10. The SMILES string of the molecule is CC(=O)OC1=CC(=O)C=C2CC[C@H]3[C@@H]4CC[C@](O)(C(=O)CO)[C@@]4(C)C[C@H](O)[C@]3(F)[C@]21C. The molecule has 0 spiro atoms. The Morgan fingerprint density at radius 3 is 2.52 bits per heavy atom. The molecule has 170 valence electrons. The van der Waals surface area contributed by atoms with Crippen LogP contribution in [0.2, 0.25) is 0 Å². The highest BCUT2D eigenvalue weighted by Gasteiger charge is 2.75. The minimum atomic E-state index is -2.27. The molecule has 0 amide bonds. The van der Waals surface area contributed by atoms with E-state index < -0.39 is 64.2 Å². The molecule has 8 heteroatoms. The van der Waals surface area contributed by atoms with Gasteiger partial charge in [0.25, 0.3) is 0 Å². The first-order chi connectivity index (χ1) is 14.4. The zero-order chi connectivity index (χ0) is 23.0. The van der Waals surface area contributed by atoms with Gasteiger partial charge in [-0.3, -0.25) is 14.4 Å². The number of carbonyl (C=O) groups excluding carboxylic acids is 3. The van der Waals surface area contributed by atoms with Crippen LogP contribution >= 0.6 is 0 Å². The van der Waals surface area contributed by atoms with E-state index in [4.69, 9.17) is 4.74 Å². The molecule has 3 fully saturated rings. The van der Waals surface area contributed by atoms with Crippen LogP contribution in [0.5, 0.6) is 0 Å². The van der Waals surface area contributed by atoms with Crippen molar-refractivity contribution in [3.8, 4) is 0 Å². The van der Waals surface area contributed by atoms with Gasteiger partial charge >= 0.3 is 5.97 Å². The highest BCUT2D eigenvalue weighted by atomic mass is 19.1. The molecule has 4 aliphatic carbocycles. The number of alkyl halides is 1. The molecule has 0 radical (unpaired) electrons. The average Bonchev–Trinajstić information content (AvgIpc) is 2.95. The molecule has 0 aliphatic heterocycles. The molecule has 0 aromatic heterocycles. The first-order valence-corrected chi connectivity index (χ1v) is 10.8. The lowest BCUT2D eigenvalue weighted by molar-refractivity contribution is -0.224. The lowest BCUT2D eigenvalue weighted by Gasteiger charge is -2.63. The van der Waals surface area contributed by atoms with E-state index in [1.165, 1.54) is 13.0 Å². The number of halogens is 1. The van der Waals surface area contributed by atoms with E-state index in [0.717, 1.165) is 6.08 Å². The van der Waals surface area contributed by atoms with Gasteiger partial charge in [0, 0.05) is 24.3 Å². The van der Waals surface area contributed by atoms with E-state index >= 15 is 4.39 Å². The number of aliphatic hydroxyl groups excluding tert-OH is 2. The molecule has 31 heavy (non-hydrogen) atoms. The number of rotatable bonds is 3. The van der Waals surface area contributed by atoms with Gasteiger partial charge in [0.2, 0.25) is 0 Å². The minimum Gasteiger partial charge on any atom is -0.430 e. The molecule has 0 bridgehead atoms. The molecule has 4 rings (SSSR count). The van der Waals surface area contributed by atoms with Gasteiger partial charge in [-0.2, -0.15) is 0 Å². The van der Waals surface area contributed by atoms with Crippen molar-refractivity contribution in [3.05, 3.63) is 23.5 Å². The number of aliphatic hydroxyl groups is 3. The third kappa shape index (κ3) is 2.58. The third-order valence-electron chi connectivity index (χ3n) is 8.78. The molecule has 4 aliphatic rings. The Morgan fingerprint density at radius 2 is 1.90 bits per heavy atom. The summed E-state index contributed by atoms with van der Waals surface area (Å²) in [6.07, 6.45) is 1.80. The van der Waals surface area contributed by atoms with Crippen LogP contribution in [-0.4, -0.2) is 56.8 Å². The Kier molecular flexibility index (Phi) is 4.89. The molecular formula is C23H29FO7. The minimum absolute atomic E-state index is 0.0808. The first-order valence-electron chi connectivity index (χ1n) is 10.8. The fourth-order valence-electron chi connectivity index (χ4n) is 7.18. The molecule has 0 saturated heterocycles. The highest BCUT2D eigenvalue weighted by Crippen LogP contribution is 2.70. The predicted molar refractivity (Wildman–Crippen MR) is 106 cm³/mol. The molecule has 7 nitrogen and oxygen atoms in total. The van der Waals surface area contributed by atoms with Gasteiger partial charge < -0.3 is 20.1 Å². The Labute approximate surface area is 180 Å². The number of carbonyl (C=O) groups is 3. The maximum Gasteiger partial charge on any atom is 0.307 e. The van der Waals surface area contributed by atoms with Crippen molar-refractivity contribution in [2.75, 3.05) is 6.61 Å². The molecule has 0 aromatic rings. The van der Waals surface area contributed by atoms with Gasteiger partial charge in [-0.1, -0.05) is 6.92 Å². The van der Waals surface area contributed by atoms with Crippen LogP contribution in [-0.2, 0) is 19.1 Å². The van der Waals surface area contributed by atoms with Gasteiger partial charge in [-0.05, 0) is 56.6 Å². The summed E-state index contributed by atoms with van der Waals surface area (Å²) in [7, 11) is 0. The van der Waals surface area contributed by atoms with Crippen molar-refractivity contribution in [3.63, 3.8) is 0 Å². The maximum atomic E-state index is 17.3. The number of Topliss-reactive ketones (excluding diaryl/α,β-unsaturated/α-hetero) is 1. The number of hydrogen-bond donors (Lipinski definition) is 3. The smallest absolute Gasteiger partial charge is 0.307 e. The molecule has 0 heterocycles. The molecular weight excluding hydrogens is 407 g/mol. The normalized spacial score (nSPS) is 46.3. The van der Waals surface area contributed by atoms with Crippen LogP contribution in [0, 0.1) is 22.7 Å². The maximum absolute atomic E-state index is 17.3. The van der Waals surface area contributed by atoms with Crippen molar-refractivity contribution < 1.29 is 38.8 Å². The summed E-state index contributed by atoms with van der Waals surface area (Å²) in [4.78, 5) is 36.4. The van der Waals surface area contributed by atoms with E-state index in [9.17, 15) is 29.7 Å². The average molecular weight is 436 g/mol. The third-order valence-corrected chi connectivity index (χ3v) is 8.78. The lowest BCUT2D eigenvalue weighted by Crippen LogP contribution is -2.70. The number of ketones is 2. The van der Waals surface area contributed by atoms with Crippen LogP contribution in [0.25, 0.3) is 0 Å². The van der Waals surface area contributed by atoms with Crippen molar-refractivity contribution in [1.82, 2.24) is 0 Å². The zero-order valence-corrected chi connectivity index (χ0v) is 18.0. The summed E-state index contributed by atoms with van der Waals surface area (Å²) < 4.78 is 22.6. The monoisotopic (exact) mass is 436 g/mol. The molecule has 3 saturated carbocycles. The van der Waals surface area contributed by atoms with E-state index in [2.05, 4.69) is 0 Å². The van der Waals surface area contributed by atoms with Crippen LogP contribution < -0.4 is 0 Å². The quantitative estimate of drug-likeness (QED) is 0.574. The number of hydrogen-bond acceptors (Lipinski definition) is 7. The summed E-state index contributed by atoms with van der Waals surface area (Å²) in [6.45, 7) is 3.58. The standard InChI is InChI=1S/C23H29FO7/c1-12(26)31-19-9-14(27)8-13-4-5-16-15-6-7-22(30,18(29)11-25)20(15,2)10-17(28)23(16,24)21(13,19)3/h8-9,15-17,25,28,30H,4-7,10-11H2,1-3H3/t15-,16-,17-,20-,21+,22-,23-/m0/s1. The van der Waals surface area contributed by atoms with Gasteiger partial charge in [-0.15, -0.1) is 0 Å². The van der Waals surface area contributed by atoms with Crippen molar-refractivity contribution in [2.45, 2.75) is 70.2 Å². The summed E-state index contributed by atoms with van der Waals surface area (Å²) in [5.41, 5.74) is -6.28.